The van der Waals surface area contributed by atoms with Crippen molar-refractivity contribution in [1.29, 1.82) is 0 Å². The molecule has 3 heteroatoms. The van der Waals surface area contributed by atoms with Gasteiger partial charge in [0.15, 0.2) is 0 Å². The van der Waals surface area contributed by atoms with Crippen LogP contribution in [0.5, 0.6) is 6.01 Å². The summed E-state index contributed by atoms with van der Waals surface area (Å²) in [4.78, 5) is 8.00. The molecule has 3 nitrogen and oxygen atoms in total. The second-order valence-corrected chi connectivity index (χ2v) is 2.34. The highest BCUT2D eigenvalue weighted by molar-refractivity contribution is 5.76. The van der Waals surface area contributed by atoms with Crippen LogP contribution in [0.25, 0.3) is 10.9 Å². The SMILES string of the molecule is COc1n[c]c2ccccc2n1. The Kier molecular flexibility index (Phi) is 1.63. The van der Waals surface area contributed by atoms with Crippen LogP contribution in [0.3, 0.4) is 0 Å². The van der Waals surface area contributed by atoms with Crippen LogP contribution >= 0.6 is 0 Å². The summed E-state index contributed by atoms with van der Waals surface area (Å²) in [6.07, 6.45) is 2.83. The number of rotatable bonds is 1. The van der Waals surface area contributed by atoms with Crippen molar-refractivity contribution in [2.75, 3.05) is 7.11 Å². The van der Waals surface area contributed by atoms with E-state index in [1.165, 1.54) is 7.11 Å². The molecule has 12 heavy (non-hydrogen) atoms. The van der Waals surface area contributed by atoms with Crippen LogP contribution in [0.2, 0.25) is 0 Å². The van der Waals surface area contributed by atoms with Crippen molar-refractivity contribution in [3.05, 3.63) is 30.5 Å². The Morgan fingerprint density at radius 3 is 3.00 bits per heavy atom. The van der Waals surface area contributed by atoms with Crippen molar-refractivity contribution in [2.45, 2.75) is 0 Å². The van der Waals surface area contributed by atoms with E-state index in [9.17, 15) is 0 Å². The van der Waals surface area contributed by atoms with Gasteiger partial charge in [-0.3, -0.25) is 0 Å². The van der Waals surface area contributed by atoms with Crippen LogP contribution in [-0.4, -0.2) is 17.1 Å². The second kappa shape index (κ2) is 2.77. The number of methoxy groups -OCH3 is 1. The van der Waals surface area contributed by atoms with E-state index < -0.39 is 0 Å². The summed E-state index contributed by atoms with van der Waals surface area (Å²) >= 11 is 0. The molecule has 0 aliphatic carbocycles. The number of hydrogen-bond donors (Lipinski definition) is 0. The predicted molar refractivity (Wildman–Crippen MR) is 44.9 cm³/mol. The Hall–Kier alpha value is -1.64. The molecule has 59 valence electrons. The minimum absolute atomic E-state index is 0.355. The van der Waals surface area contributed by atoms with Crippen molar-refractivity contribution in [3.8, 4) is 6.01 Å². The fourth-order valence-electron chi connectivity index (χ4n) is 0.993. The van der Waals surface area contributed by atoms with E-state index in [0.29, 0.717) is 6.01 Å². The molecule has 0 saturated heterocycles. The highest BCUT2D eigenvalue weighted by Crippen LogP contribution is 2.11. The molecule has 0 bridgehead atoms. The number of nitrogens with zero attached hydrogens (tertiary/aromatic N) is 2. The first-order chi connectivity index (χ1) is 5.90. The van der Waals surface area contributed by atoms with Crippen molar-refractivity contribution in [2.24, 2.45) is 0 Å². The molecule has 0 aliphatic rings. The number of benzene rings is 1. The third-order valence-electron chi connectivity index (χ3n) is 1.57. The van der Waals surface area contributed by atoms with E-state index in [1.54, 1.807) is 0 Å². The number of aromatic nitrogens is 2. The third kappa shape index (κ3) is 1.09. The van der Waals surface area contributed by atoms with Gasteiger partial charge < -0.3 is 4.74 Å². The van der Waals surface area contributed by atoms with E-state index in [-0.39, 0.29) is 0 Å². The van der Waals surface area contributed by atoms with Gasteiger partial charge in [-0.25, -0.2) is 0 Å². The molecule has 1 aromatic heterocycles. The Morgan fingerprint density at radius 1 is 1.33 bits per heavy atom. The monoisotopic (exact) mass is 159 g/mol. The van der Waals surface area contributed by atoms with Crippen LogP contribution in [0.4, 0.5) is 0 Å². The van der Waals surface area contributed by atoms with Gasteiger partial charge in [-0.05, 0) is 6.07 Å². The summed E-state index contributed by atoms with van der Waals surface area (Å²) in [6, 6.07) is 8.01. The van der Waals surface area contributed by atoms with Gasteiger partial charge in [0.2, 0.25) is 0 Å². The van der Waals surface area contributed by atoms with E-state index in [4.69, 9.17) is 4.74 Å². The van der Waals surface area contributed by atoms with Crippen molar-refractivity contribution in [3.63, 3.8) is 0 Å². The van der Waals surface area contributed by atoms with Crippen LogP contribution in [0.1, 0.15) is 0 Å². The fourth-order valence-corrected chi connectivity index (χ4v) is 0.993. The molecule has 1 aromatic carbocycles. The smallest absolute Gasteiger partial charge is 0.317 e. The molecular weight excluding hydrogens is 152 g/mol. The highest BCUT2D eigenvalue weighted by Gasteiger charge is 1.97. The molecule has 2 aromatic rings. The Balaban J connectivity index is 2.67. The summed E-state index contributed by atoms with van der Waals surface area (Å²) in [5.74, 6) is 0. The molecule has 2 rings (SSSR count). The first-order valence-corrected chi connectivity index (χ1v) is 3.58. The zero-order chi connectivity index (χ0) is 8.39. The minimum atomic E-state index is 0.355. The van der Waals surface area contributed by atoms with Crippen LogP contribution in [0, 0.1) is 6.20 Å². The maximum absolute atomic E-state index is 4.87. The maximum atomic E-state index is 4.87. The van der Waals surface area contributed by atoms with Gasteiger partial charge in [-0.2, -0.15) is 9.97 Å². The average molecular weight is 159 g/mol. The molecule has 0 spiro atoms. The number of para-hydroxylation sites is 1. The lowest BCUT2D eigenvalue weighted by Crippen LogP contribution is -1.91. The van der Waals surface area contributed by atoms with Crippen molar-refractivity contribution < 1.29 is 4.74 Å². The lowest BCUT2D eigenvalue weighted by atomic mass is 10.2. The van der Waals surface area contributed by atoms with Gasteiger partial charge in [0.25, 0.3) is 0 Å². The minimum Gasteiger partial charge on any atom is -0.467 e. The standard InChI is InChI=1S/C9H7N2O/c1-12-9-10-6-7-4-2-3-5-8(7)11-9/h2-5H,1H3. The predicted octanol–water partition coefficient (Wildman–Crippen LogP) is 1.44. The molecule has 0 atom stereocenters. The molecular formula is C9H7N2O. The lowest BCUT2D eigenvalue weighted by molar-refractivity contribution is 0.381. The van der Waals surface area contributed by atoms with Crippen LogP contribution in [0.15, 0.2) is 24.3 Å². The third-order valence-corrected chi connectivity index (χ3v) is 1.57. The quantitative estimate of drug-likeness (QED) is 0.631. The zero-order valence-electron chi connectivity index (χ0n) is 6.61. The van der Waals surface area contributed by atoms with Gasteiger partial charge in [-0.15, -0.1) is 0 Å². The Labute approximate surface area is 70.0 Å². The largest absolute Gasteiger partial charge is 0.467 e. The van der Waals surface area contributed by atoms with Crippen molar-refractivity contribution in [1.82, 2.24) is 9.97 Å². The van der Waals surface area contributed by atoms with E-state index in [2.05, 4.69) is 16.2 Å². The number of fused-ring (bicyclic) bond motifs is 1. The van der Waals surface area contributed by atoms with Gasteiger partial charge in [0.05, 0.1) is 12.6 Å². The molecule has 0 aliphatic heterocycles. The summed E-state index contributed by atoms with van der Waals surface area (Å²) in [5, 5.41) is 0.901. The normalized spacial score (nSPS) is 10.1. The maximum Gasteiger partial charge on any atom is 0.317 e. The molecule has 0 unspecified atom stereocenters. The van der Waals surface area contributed by atoms with E-state index in [1.807, 2.05) is 24.3 Å². The van der Waals surface area contributed by atoms with Crippen LogP contribution in [-0.2, 0) is 0 Å². The summed E-state index contributed by atoms with van der Waals surface area (Å²) in [5.41, 5.74) is 0.851. The van der Waals surface area contributed by atoms with E-state index >= 15 is 0 Å². The number of ether oxygens (including phenoxy) is 1. The second-order valence-electron chi connectivity index (χ2n) is 2.34. The van der Waals surface area contributed by atoms with Gasteiger partial charge in [0.1, 0.15) is 6.20 Å². The first kappa shape index (κ1) is 7.03. The molecule has 0 N–H and O–H groups in total. The summed E-state index contributed by atoms with van der Waals surface area (Å²) in [6.45, 7) is 0. The molecule has 0 amide bonds. The molecule has 0 fully saturated rings. The topological polar surface area (TPSA) is 35.0 Å². The molecule has 0 saturated carbocycles. The Morgan fingerprint density at radius 2 is 2.17 bits per heavy atom. The van der Waals surface area contributed by atoms with Gasteiger partial charge in [0, 0.05) is 5.39 Å². The van der Waals surface area contributed by atoms with Crippen molar-refractivity contribution >= 4 is 10.9 Å². The highest BCUT2D eigenvalue weighted by atomic mass is 16.5. The molecule has 1 heterocycles. The van der Waals surface area contributed by atoms with Crippen LogP contribution < -0.4 is 4.74 Å². The van der Waals surface area contributed by atoms with Gasteiger partial charge >= 0.3 is 6.01 Å². The van der Waals surface area contributed by atoms with Gasteiger partial charge in [-0.1, -0.05) is 18.2 Å². The zero-order valence-corrected chi connectivity index (χ0v) is 6.61. The first-order valence-electron chi connectivity index (χ1n) is 3.58. The number of hydrogen-bond acceptors (Lipinski definition) is 3. The fraction of sp³-hybridized carbons (Fsp3) is 0.111. The molecule has 1 radical (unpaired) electrons. The lowest BCUT2D eigenvalue weighted by Gasteiger charge is -1.97. The average Bonchev–Trinajstić information content (AvgIpc) is 2.17. The summed E-state index contributed by atoms with van der Waals surface area (Å²) in [7, 11) is 1.54. The van der Waals surface area contributed by atoms with E-state index in [0.717, 1.165) is 10.9 Å². The summed E-state index contributed by atoms with van der Waals surface area (Å²) < 4.78 is 4.87. The Bertz CT molecular complexity index is 400.